The third kappa shape index (κ3) is 3.32. The molecule has 126 valence electrons. The van der Waals surface area contributed by atoms with Crippen LogP contribution in [0.2, 0.25) is 0 Å². The Bertz CT molecular complexity index is 889. The summed E-state index contributed by atoms with van der Waals surface area (Å²) in [5, 5.41) is 8.39. The molecule has 5 heteroatoms. The lowest BCUT2D eigenvalue weighted by Crippen LogP contribution is -2.44. The van der Waals surface area contributed by atoms with E-state index >= 15 is 0 Å². The van der Waals surface area contributed by atoms with E-state index in [1.54, 1.807) is 0 Å². The van der Waals surface area contributed by atoms with E-state index in [1.807, 2.05) is 54.6 Å². The highest BCUT2D eigenvalue weighted by molar-refractivity contribution is 6.06. The van der Waals surface area contributed by atoms with Gasteiger partial charge in [-0.2, -0.15) is 0 Å². The predicted molar refractivity (Wildman–Crippen MR) is 101 cm³/mol. The molecule has 25 heavy (non-hydrogen) atoms. The summed E-state index contributed by atoms with van der Waals surface area (Å²) in [4.78, 5) is 19.6. The number of hydrogen-bond donors (Lipinski definition) is 2. The molecule has 3 aromatic rings. The Morgan fingerprint density at radius 2 is 1.72 bits per heavy atom. The molecule has 1 aromatic heterocycles. The van der Waals surface area contributed by atoms with Crippen LogP contribution in [0.15, 0.2) is 60.7 Å². The zero-order valence-corrected chi connectivity index (χ0v) is 13.9. The van der Waals surface area contributed by atoms with Crippen LogP contribution in [0.25, 0.3) is 10.8 Å². The van der Waals surface area contributed by atoms with Crippen molar-refractivity contribution in [3.63, 3.8) is 0 Å². The number of fused-ring (bicyclic) bond motifs is 1. The van der Waals surface area contributed by atoms with E-state index in [1.165, 1.54) is 0 Å². The summed E-state index contributed by atoms with van der Waals surface area (Å²) in [5.41, 5.74) is 1.21. The van der Waals surface area contributed by atoms with Gasteiger partial charge in [-0.1, -0.05) is 42.5 Å². The number of carbonyl (C=O) groups is 1. The van der Waals surface area contributed by atoms with Crippen LogP contribution in [0.3, 0.4) is 0 Å². The van der Waals surface area contributed by atoms with E-state index < -0.39 is 0 Å². The van der Waals surface area contributed by atoms with Gasteiger partial charge in [0.2, 0.25) is 0 Å². The first-order chi connectivity index (χ1) is 12.3. The molecule has 2 N–H and O–H groups in total. The number of pyridine rings is 1. The molecule has 0 unspecified atom stereocenters. The first kappa shape index (κ1) is 15.6. The number of carbonyl (C=O) groups excluding carboxylic acids is 1. The number of hydrogen-bond acceptors (Lipinski definition) is 4. The van der Waals surface area contributed by atoms with Crippen molar-refractivity contribution >= 4 is 28.2 Å². The highest BCUT2D eigenvalue weighted by atomic mass is 16.1. The van der Waals surface area contributed by atoms with Gasteiger partial charge in [-0.3, -0.25) is 4.79 Å². The van der Waals surface area contributed by atoms with E-state index in [9.17, 15) is 4.79 Å². The fourth-order valence-corrected chi connectivity index (χ4v) is 3.13. The summed E-state index contributed by atoms with van der Waals surface area (Å²) in [6.07, 6.45) is 0. The smallest absolute Gasteiger partial charge is 0.274 e. The molecular formula is C20H20N4O. The standard InChI is InChI=1S/C20H20N4O/c25-20(22-16-7-2-1-3-8-16)18-14-15-6-4-5-9-17(15)19(23-18)24-12-10-21-11-13-24/h1-9,14,21H,10-13H2,(H,22,25). The minimum atomic E-state index is -0.187. The predicted octanol–water partition coefficient (Wildman–Crippen LogP) is 2.90. The van der Waals surface area contributed by atoms with Crippen LogP contribution in [0.5, 0.6) is 0 Å². The maximum Gasteiger partial charge on any atom is 0.274 e. The molecule has 0 saturated carbocycles. The monoisotopic (exact) mass is 332 g/mol. The zero-order valence-electron chi connectivity index (χ0n) is 13.9. The lowest BCUT2D eigenvalue weighted by Gasteiger charge is -2.29. The van der Waals surface area contributed by atoms with E-state index in [4.69, 9.17) is 4.98 Å². The third-order valence-electron chi connectivity index (χ3n) is 4.40. The zero-order chi connectivity index (χ0) is 17.1. The summed E-state index contributed by atoms with van der Waals surface area (Å²) >= 11 is 0. The van der Waals surface area contributed by atoms with Gasteiger partial charge in [0.1, 0.15) is 11.5 Å². The second kappa shape index (κ2) is 6.91. The molecule has 1 fully saturated rings. The number of nitrogens with one attached hydrogen (secondary N) is 2. The van der Waals surface area contributed by atoms with E-state index in [2.05, 4.69) is 21.6 Å². The van der Waals surface area contributed by atoms with E-state index in [0.29, 0.717) is 5.69 Å². The van der Waals surface area contributed by atoms with Crippen molar-refractivity contribution < 1.29 is 4.79 Å². The van der Waals surface area contributed by atoms with Crippen LogP contribution >= 0.6 is 0 Å². The van der Waals surface area contributed by atoms with E-state index in [0.717, 1.165) is 48.5 Å². The molecule has 2 heterocycles. The van der Waals surface area contributed by atoms with Crippen molar-refractivity contribution in [3.8, 4) is 0 Å². The van der Waals surface area contributed by atoms with Gasteiger partial charge in [-0.15, -0.1) is 0 Å². The van der Waals surface area contributed by atoms with Crippen LogP contribution in [0.4, 0.5) is 11.5 Å². The lowest BCUT2D eigenvalue weighted by atomic mass is 10.1. The van der Waals surface area contributed by atoms with Gasteiger partial charge in [-0.25, -0.2) is 4.98 Å². The van der Waals surface area contributed by atoms with E-state index in [-0.39, 0.29) is 5.91 Å². The Kier molecular flexibility index (Phi) is 4.31. The molecule has 0 atom stereocenters. The van der Waals surface area contributed by atoms with Crippen molar-refractivity contribution in [1.29, 1.82) is 0 Å². The average molecular weight is 332 g/mol. The van der Waals surface area contributed by atoms with Gasteiger partial charge in [0.05, 0.1) is 0 Å². The normalized spacial score (nSPS) is 14.5. The van der Waals surface area contributed by atoms with Crippen LogP contribution in [-0.2, 0) is 0 Å². The van der Waals surface area contributed by atoms with Gasteiger partial charge in [-0.05, 0) is 23.6 Å². The molecule has 1 aliphatic heterocycles. The van der Waals surface area contributed by atoms with Crippen molar-refractivity contribution in [2.24, 2.45) is 0 Å². The SMILES string of the molecule is O=C(Nc1ccccc1)c1cc2ccccc2c(N2CCNCC2)n1. The molecule has 2 aromatic carbocycles. The number of nitrogens with zero attached hydrogens (tertiary/aromatic N) is 2. The maximum absolute atomic E-state index is 12.7. The minimum Gasteiger partial charge on any atom is -0.354 e. The van der Waals surface area contributed by atoms with Gasteiger partial charge in [0, 0.05) is 37.3 Å². The summed E-state index contributed by atoms with van der Waals surface area (Å²) in [6.45, 7) is 3.63. The van der Waals surface area contributed by atoms with Crippen molar-refractivity contribution in [1.82, 2.24) is 10.3 Å². The topological polar surface area (TPSA) is 57.3 Å². The molecular weight excluding hydrogens is 312 g/mol. The van der Waals surface area contributed by atoms with Crippen molar-refractivity contribution in [2.75, 3.05) is 36.4 Å². The number of anilines is 2. The molecule has 4 rings (SSSR count). The molecule has 0 bridgehead atoms. The quantitative estimate of drug-likeness (QED) is 0.774. The third-order valence-corrected chi connectivity index (χ3v) is 4.40. The second-order valence-electron chi connectivity index (χ2n) is 6.11. The summed E-state index contributed by atoms with van der Waals surface area (Å²) in [5.74, 6) is 0.700. The highest BCUT2D eigenvalue weighted by Crippen LogP contribution is 2.26. The number of piperazine rings is 1. The van der Waals surface area contributed by atoms with Crippen LogP contribution in [0.1, 0.15) is 10.5 Å². The lowest BCUT2D eigenvalue weighted by molar-refractivity contribution is 0.102. The van der Waals surface area contributed by atoms with Crippen LogP contribution in [-0.4, -0.2) is 37.1 Å². The molecule has 0 aliphatic carbocycles. The summed E-state index contributed by atoms with van der Waals surface area (Å²) in [6, 6.07) is 19.4. The van der Waals surface area contributed by atoms with Gasteiger partial charge < -0.3 is 15.5 Å². The summed E-state index contributed by atoms with van der Waals surface area (Å²) in [7, 11) is 0. The summed E-state index contributed by atoms with van der Waals surface area (Å²) < 4.78 is 0. The molecule has 5 nitrogen and oxygen atoms in total. The Morgan fingerprint density at radius 3 is 2.52 bits per heavy atom. The molecule has 1 saturated heterocycles. The van der Waals surface area contributed by atoms with Gasteiger partial charge in [0.25, 0.3) is 5.91 Å². The Morgan fingerprint density at radius 1 is 1.00 bits per heavy atom. The number of rotatable bonds is 3. The first-order valence-corrected chi connectivity index (χ1v) is 8.53. The number of para-hydroxylation sites is 1. The molecule has 1 amide bonds. The number of benzene rings is 2. The number of aromatic nitrogens is 1. The Labute approximate surface area is 146 Å². The number of amides is 1. The molecule has 0 radical (unpaired) electrons. The Balaban J connectivity index is 1.72. The fourth-order valence-electron chi connectivity index (χ4n) is 3.13. The Hall–Kier alpha value is -2.92. The van der Waals surface area contributed by atoms with Crippen LogP contribution in [0, 0.1) is 0 Å². The average Bonchev–Trinajstić information content (AvgIpc) is 2.68. The van der Waals surface area contributed by atoms with Crippen molar-refractivity contribution in [2.45, 2.75) is 0 Å². The van der Waals surface area contributed by atoms with Gasteiger partial charge >= 0.3 is 0 Å². The van der Waals surface area contributed by atoms with Crippen molar-refractivity contribution in [3.05, 3.63) is 66.4 Å². The molecule has 0 spiro atoms. The second-order valence-corrected chi connectivity index (χ2v) is 6.11. The largest absolute Gasteiger partial charge is 0.354 e. The fraction of sp³-hybridized carbons (Fsp3) is 0.200. The molecule has 1 aliphatic rings. The highest BCUT2D eigenvalue weighted by Gasteiger charge is 2.18. The van der Waals surface area contributed by atoms with Gasteiger partial charge in [0.15, 0.2) is 0 Å². The van der Waals surface area contributed by atoms with Crippen LogP contribution < -0.4 is 15.5 Å². The maximum atomic E-state index is 12.7. The minimum absolute atomic E-state index is 0.187. The first-order valence-electron chi connectivity index (χ1n) is 8.53.